The summed E-state index contributed by atoms with van der Waals surface area (Å²) in [4.78, 5) is 13.1. The van der Waals surface area contributed by atoms with Crippen molar-refractivity contribution in [3.8, 4) is 0 Å². The van der Waals surface area contributed by atoms with Crippen LogP contribution in [0.1, 0.15) is 33.6 Å². The summed E-state index contributed by atoms with van der Waals surface area (Å²) in [7, 11) is 2.12. The molecule has 0 aromatic carbocycles. The number of likely N-dealkylation sites (tertiary alicyclic amines) is 1. The highest BCUT2D eigenvalue weighted by molar-refractivity contribution is 5.66. The molecule has 0 aromatic heterocycles. The van der Waals surface area contributed by atoms with E-state index in [9.17, 15) is 4.79 Å². The van der Waals surface area contributed by atoms with Gasteiger partial charge in [-0.1, -0.05) is 0 Å². The molecule has 1 aliphatic heterocycles. The van der Waals surface area contributed by atoms with E-state index in [-0.39, 0.29) is 12.1 Å². The lowest BCUT2D eigenvalue weighted by Gasteiger charge is -2.39. The highest BCUT2D eigenvalue weighted by Gasteiger charge is 2.29. The fraction of sp³-hybridized carbons (Fsp3) is 0.900. The van der Waals surface area contributed by atoms with Crippen molar-refractivity contribution in [2.45, 2.75) is 51.8 Å². The summed E-state index contributed by atoms with van der Waals surface area (Å²) in [6, 6.07) is 1.01. The molecule has 0 radical (unpaired) electrons. The van der Waals surface area contributed by atoms with Crippen LogP contribution in [0.3, 0.4) is 0 Å². The van der Waals surface area contributed by atoms with Crippen molar-refractivity contribution in [3.63, 3.8) is 0 Å². The molecule has 0 saturated carbocycles. The highest BCUT2D eigenvalue weighted by atomic mass is 16.5. The first-order chi connectivity index (χ1) is 6.00. The van der Waals surface area contributed by atoms with Gasteiger partial charge in [0.2, 0.25) is 0 Å². The van der Waals surface area contributed by atoms with Crippen LogP contribution in [0.25, 0.3) is 0 Å². The third kappa shape index (κ3) is 2.69. The third-order valence-corrected chi connectivity index (χ3v) is 2.93. The van der Waals surface area contributed by atoms with Crippen LogP contribution in [0.15, 0.2) is 0 Å². The van der Waals surface area contributed by atoms with Gasteiger partial charge in [-0.2, -0.15) is 0 Å². The van der Waals surface area contributed by atoms with Gasteiger partial charge >= 0.3 is 5.97 Å². The summed E-state index contributed by atoms with van der Waals surface area (Å²) in [6.07, 6.45) is 2.04. The number of carbonyl (C=O) groups is 1. The second-order valence-corrected chi connectivity index (χ2v) is 4.07. The molecule has 0 amide bonds. The largest absolute Gasteiger partial charge is 0.462 e. The number of piperidine rings is 1. The Morgan fingerprint density at radius 1 is 1.31 bits per heavy atom. The van der Waals surface area contributed by atoms with Gasteiger partial charge in [0.15, 0.2) is 0 Å². The molecule has 0 spiro atoms. The minimum absolute atomic E-state index is 0.124. The minimum atomic E-state index is -0.158. The lowest BCUT2D eigenvalue weighted by atomic mass is 9.95. The average Bonchev–Trinajstić information content (AvgIpc) is 1.98. The molecule has 1 heterocycles. The Hall–Kier alpha value is -0.570. The molecule has 1 saturated heterocycles. The average molecular weight is 185 g/mol. The Bertz CT molecular complexity index is 181. The van der Waals surface area contributed by atoms with Crippen LogP contribution >= 0.6 is 0 Å². The molecular formula is C10H19NO2. The number of carbonyl (C=O) groups excluding carboxylic acids is 1. The SMILES string of the molecule is CC(=O)OC1CC(C)N(C)C(C)C1. The minimum Gasteiger partial charge on any atom is -0.462 e. The maximum atomic E-state index is 10.8. The van der Waals surface area contributed by atoms with Crippen molar-refractivity contribution in [1.82, 2.24) is 4.90 Å². The Labute approximate surface area is 80.1 Å². The molecule has 0 aromatic rings. The maximum Gasteiger partial charge on any atom is 0.302 e. The molecule has 1 rings (SSSR count). The van der Waals surface area contributed by atoms with Gasteiger partial charge in [0.25, 0.3) is 0 Å². The molecular weight excluding hydrogens is 166 g/mol. The van der Waals surface area contributed by atoms with Gasteiger partial charge in [-0.3, -0.25) is 4.79 Å². The fourth-order valence-electron chi connectivity index (χ4n) is 1.96. The molecule has 2 atom stereocenters. The highest BCUT2D eigenvalue weighted by Crippen LogP contribution is 2.23. The lowest BCUT2D eigenvalue weighted by Crippen LogP contribution is -2.46. The predicted octanol–water partition coefficient (Wildman–Crippen LogP) is 1.42. The van der Waals surface area contributed by atoms with Crippen molar-refractivity contribution in [2.24, 2.45) is 0 Å². The van der Waals surface area contributed by atoms with Crippen molar-refractivity contribution in [2.75, 3.05) is 7.05 Å². The van der Waals surface area contributed by atoms with Gasteiger partial charge < -0.3 is 9.64 Å². The number of nitrogens with zero attached hydrogens (tertiary/aromatic N) is 1. The van der Waals surface area contributed by atoms with Crippen LogP contribution in [-0.2, 0) is 9.53 Å². The van der Waals surface area contributed by atoms with Crippen molar-refractivity contribution in [1.29, 1.82) is 0 Å². The van der Waals surface area contributed by atoms with Crippen LogP contribution in [0.4, 0.5) is 0 Å². The molecule has 0 N–H and O–H groups in total. The second-order valence-electron chi connectivity index (χ2n) is 4.07. The first-order valence-corrected chi connectivity index (χ1v) is 4.90. The van der Waals surface area contributed by atoms with Gasteiger partial charge in [-0.05, 0) is 33.7 Å². The maximum absolute atomic E-state index is 10.8. The second kappa shape index (κ2) is 4.09. The summed E-state index contributed by atoms with van der Waals surface area (Å²) < 4.78 is 5.21. The summed E-state index contributed by atoms with van der Waals surface area (Å²) in [5, 5.41) is 0. The molecule has 2 unspecified atom stereocenters. The third-order valence-electron chi connectivity index (χ3n) is 2.93. The first kappa shape index (κ1) is 10.5. The van der Waals surface area contributed by atoms with Crippen LogP contribution < -0.4 is 0 Å². The van der Waals surface area contributed by atoms with Gasteiger partial charge in [-0.25, -0.2) is 0 Å². The summed E-state index contributed by atoms with van der Waals surface area (Å²) in [6.45, 7) is 5.83. The Morgan fingerprint density at radius 2 is 1.77 bits per heavy atom. The summed E-state index contributed by atoms with van der Waals surface area (Å²) in [5.74, 6) is -0.158. The molecule has 0 bridgehead atoms. The van der Waals surface area contributed by atoms with Crippen LogP contribution in [0.5, 0.6) is 0 Å². The quantitative estimate of drug-likeness (QED) is 0.579. The number of hydrogen-bond donors (Lipinski definition) is 0. The number of ether oxygens (including phenoxy) is 1. The number of rotatable bonds is 1. The van der Waals surface area contributed by atoms with Gasteiger partial charge in [0.1, 0.15) is 6.10 Å². The first-order valence-electron chi connectivity index (χ1n) is 4.90. The van der Waals surface area contributed by atoms with E-state index >= 15 is 0 Å². The molecule has 1 aliphatic rings. The van der Waals surface area contributed by atoms with Crippen LogP contribution in [-0.4, -0.2) is 36.1 Å². The lowest BCUT2D eigenvalue weighted by molar-refractivity contribution is -0.150. The van der Waals surface area contributed by atoms with Gasteiger partial charge in [-0.15, -0.1) is 0 Å². The molecule has 13 heavy (non-hydrogen) atoms. The van der Waals surface area contributed by atoms with Crippen LogP contribution in [0.2, 0.25) is 0 Å². The van der Waals surface area contributed by atoms with E-state index < -0.39 is 0 Å². The molecule has 3 nitrogen and oxygen atoms in total. The Kier molecular flexibility index (Phi) is 3.31. The van der Waals surface area contributed by atoms with E-state index in [2.05, 4.69) is 25.8 Å². The van der Waals surface area contributed by atoms with E-state index in [1.54, 1.807) is 0 Å². The van der Waals surface area contributed by atoms with E-state index in [1.165, 1.54) is 6.92 Å². The normalized spacial score (nSPS) is 35.8. The zero-order valence-corrected chi connectivity index (χ0v) is 8.91. The van der Waals surface area contributed by atoms with E-state index in [4.69, 9.17) is 4.74 Å². The molecule has 0 aliphatic carbocycles. The topological polar surface area (TPSA) is 29.5 Å². The standard InChI is InChI=1S/C10H19NO2/c1-7-5-10(13-9(3)12)6-8(2)11(7)4/h7-8,10H,5-6H2,1-4H3. The summed E-state index contributed by atoms with van der Waals surface area (Å²) in [5.41, 5.74) is 0. The van der Waals surface area contributed by atoms with E-state index in [1.807, 2.05) is 0 Å². The number of esters is 1. The zero-order chi connectivity index (χ0) is 10.0. The predicted molar refractivity (Wildman–Crippen MR) is 51.5 cm³/mol. The van der Waals surface area contributed by atoms with E-state index in [0.717, 1.165) is 12.8 Å². The van der Waals surface area contributed by atoms with Crippen molar-refractivity contribution < 1.29 is 9.53 Å². The monoisotopic (exact) mass is 185 g/mol. The molecule has 76 valence electrons. The Morgan fingerprint density at radius 3 is 2.15 bits per heavy atom. The molecule has 1 fully saturated rings. The van der Waals surface area contributed by atoms with Gasteiger partial charge in [0, 0.05) is 19.0 Å². The van der Waals surface area contributed by atoms with E-state index in [0.29, 0.717) is 12.1 Å². The number of hydrogen-bond acceptors (Lipinski definition) is 3. The van der Waals surface area contributed by atoms with Gasteiger partial charge in [0.05, 0.1) is 0 Å². The van der Waals surface area contributed by atoms with Crippen molar-refractivity contribution >= 4 is 5.97 Å². The fourth-order valence-corrected chi connectivity index (χ4v) is 1.96. The Balaban J connectivity index is 2.48. The van der Waals surface area contributed by atoms with Crippen LogP contribution in [0, 0.1) is 0 Å². The van der Waals surface area contributed by atoms with Crippen molar-refractivity contribution in [3.05, 3.63) is 0 Å². The summed E-state index contributed by atoms with van der Waals surface area (Å²) >= 11 is 0. The zero-order valence-electron chi connectivity index (χ0n) is 8.91. The smallest absolute Gasteiger partial charge is 0.302 e. The molecule has 3 heteroatoms.